The summed E-state index contributed by atoms with van der Waals surface area (Å²) in [4.78, 5) is 40.2. The summed E-state index contributed by atoms with van der Waals surface area (Å²) in [7, 11) is 3.06. The minimum atomic E-state index is -0.336. The molecule has 0 spiro atoms. The standard InChI is InChI=1S/C23H22Br2N2O5/c1-31-14-7-8-19(20(9-14)32-2)26-21(28)12-3-5-13(6-4-12)27-22(29)15-10-17(24)18(25)11-16(15)23(27)30/h3-9,15-18H,10-11H2,1-2H3,(H,26,28)/t15-,16+,17+,18-. The molecule has 1 aliphatic heterocycles. The third-order valence-corrected chi connectivity index (χ3v) is 8.69. The molecule has 4 rings (SSSR count). The van der Waals surface area contributed by atoms with Crippen LogP contribution in [0.2, 0.25) is 0 Å². The minimum absolute atomic E-state index is 0.154. The number of anilines is 2. The number of carbonyl (C=O) groups is 3. The molecular formula is C23H22Br2N2O5. The van der Waals surface area contributed by atoms with Gasteiger partial charge in [0.15, 0.2) is 0 Å². The predicted octanol–water partition coefficient (Wildman–Crippen LogP) is 4.38. The van der Waals surface area contributed by atoms with Crippen molar-refractivity contribution in [1.82, 2.24) is 0 Å². The first kappa shape index (κ1) is 22.8. The van der Waals surface area contributed by atoms with Crippen molar-refractivity contribution in [3.63, 3.8) is 0 Å². The van der Waals surface area contributed by atoms with Crippen LogP contribution in [-0.2, 0) is 9.59 Å². The average Bonchev–Trinajstić information content (AvgIpc) is 3.03. The third-order valence-electron chi connectivity index (χ3n) is 5.96. The van der Waals surface area contributed by atoms with Gasteiger partial charge in [0.25, 0.3) is 5.91 Å². The molecule has 1 aliphatic carbocycles. The molecule has 168 valence electrons. The zero-order valence-corrected chi connectivity index (χ0v) is 20.7. The first-order valence-corrected chi connectivity index (χ1v) is 12.0. The monoisotopic (exact) mass is 564 g/mol. The van der Waals surface area contributed by atoms with E-state index in [1.807, 2.05) is 0 Å². The number of nitrogens with zero attached hydrogens (tertiary/aromatic N) is 1. The molecule has 2 aromatic carbocycles. The Kier molecular flexibility index (Phi) is 6.57. The van der Waals surface area contributed by atoms with Gasteiger partial charge in [0, 0.05) is 21.3 Å². The zero-order chi connectivity index (χ0) is 23.0. The number of methoxy groups -OCH3 is 2. The fourth-order valence-corrected chi connectivity index (χ4v) is 5.44. The van der Waals surface area contributed by atoms with Gasteiger partial charge in [-0.1, -0.05) is 31.9 Å². The van der Waals surface area contributed by atoms with Crippen molar-refractivity contribution >= 4 is 61.0 Å². The largest absolute Gasteiger partial charge is 0.497 e. The fraction of sp³-hybridized carbons (Fsp3) is 0.348. The van der Waals surface area contributed by atoms with E-state index >= 15 is 0 Å². The topological polar surface area (TPSA) is 84.9 Å². The molecule has 1 heterocycles. The van der Waals surface area contributed by atoms with Crippen LogP contribution in [0.15, 0.2) is 42.5 Å². The number of hydrogen-bond donors (Lipinski definition) is 1. The summed E-state index contributed by atoms with van der Waals surface area (Å²) in [6.45, 7) is 0. The van der Waals surface area contributed by atoms with Crippen molar-refractivity contribution in [2.75, 3.05) is 24.4 Å². The summed E-state index contributed by atoms with van der Waals surface area (Å²) in [5.74, 6) is -0.231. The van der Waals surface area contributed by atoms with Gasteiger partial charge in [-0.15, -0.1) is 0 Å². The van der Waals surface area contributed by atoms with Crippen molar-refractivity contribution in [2.24, 2.45) is 11.8 Å². The highest BCUT2D eigenvalue weighted by Crippen LogP contribution is 2.44. The average molecular weight is 566 g/mol. The van der Waals surface area contributed by atoms with E-state index < -0.39 is 0 Å². The Morgan fingerprint density at radius 1 is 0.938 bits per heavy atom. The molecule has 7 nitrogen and oxygen atoms in total. The lowest BCUT2D eigenvalue weighted by Crippen LogP contribution is -2.34. The molecule has 1 N–H and O–H groups in total. The van der Waals surface area contributed by atoms with Crippen LogP contribution in [-0.4, -0.2) is 41.6 Å². The summed E-state index contributed by atoms with van der Waals surface area (Å²) < 4.78 is 10.5. The van der Waals surface area contributed by atoms with Gasteiger partial charge in [-0.25, -0.2) is 0 Å². The van der Waals surface area contributed by atoms with Gasteiger partial charge >= 0.3 is 0 Å². The molecule has 0 bridgehead atoms. The number of hydrogen-bond acceptors (Lipinski definition) is 5. The molecule has 2 aliphatic rings. The number of fused-ring (bicyclic) bond motifs is 1. The maximum Gasteiger partial charge on any atom is 0.255 e. The molecule has 2 fully saturated rings. The van der Waals surface area contributed by atoms with E-state index in [0.717, 1.165) is 0 Å². The molecule has 0 unspecified atom stereocenters. The maximum atomic E-state index is 13.0. The van der Waals surface area contributed by atoms with Gasteiger partial charge < -0.3 is 14.8 Å². The molecule has 1 saturated heterocycles. The smallest absolute Gasteiger partial charge is 0.255 e. The number of carbonyl (C=O) groups excluding carboxylic acids is 3. The number of imide groups is 1. The lowest BCUT2D eigenvalue weighted by Gasteiger charge is -2.29. The molecule has 9 heteroatoms. The van der Waals surface area contributed by atoms with Gasteiger partial charge in [0.05, 0.1) is 37.4 Å². The Morgan fingerprint density at radius 3 is 2.06 bits per heavy atom. The number of nitrogens with one attached hydrogen (secondary N) is 1. The molecule has 3 amide bonds. The van der Waals surface area contributed by atoms with E-state index in [9.17, 15) is 14.4 Å². The number of alkyl halides is 2. The maximum absolute atomic E-state index is 13.0. The first-order valence-electron chi connectivity index (χ1n) is 10.1. The highest BCUT2D eigenvalue weighted by molar-refractivity contribution is 9.12. The molecule has 2 aromatic rings. The normalized spacial score (nSPS) is 24.8. The van der Waals surface area contributed by atoms with Crippen LogP contribution in [0, 0.1) is 11.8 Å². The summed E-state index contributed by atoms with van der Waals surface area (Å²) in [6.07, 6.45) is 1.23. The summed E-state index contributed by atoms with van der Waals surface area (Å²) in [5.41, 5.74) is 1.37. The molecule has 1 saturated carbocycles. The summed E-state index contributed by atoms with van der Waals surface area (Å²) in [6, 6.07) is 11.6. The van der Waals surface area contributed by atoms with Crippen LogP contribution >= 0.6 is 31.9 Å². The Balaban J connectivity index is 1.50. The van der Waals surface area contributed by atoms with E-state index in [1.165, 1.54) is 12.0 Å². The van der Waals surface area contributed by atoms with Gasteiger partial charge in [0.1, 0.15) is 11.5 Å². The Bertz CT molecular complexity index is 1030. The second-order valence-corrected chi connectivity index (χ2v) is 10.1. The Hall–Kier alpha value is -2.39. The van der Waals surface area contributed by atoms with Crippen molar-refractivity contribution < 1.29 is 23.9 Å². The highest BCUT2D eigenvalue weighted by Gasteiger charge is 2.52. The van der Waals surface area contributed by atoms with E-state index in [1.54, 1.807) is 49.6 Å². The second-order valence-electron chi connectivity index (χ2n) is 7.80. The number of ether oxygens (including phenoxy) is 2. The predicted molar refractivity (Wildman–Crippen MR) is 128 cm³/mol. The SMILES string of the molecule is COc1ccc(NC(=O)c2ccc(N3C(=O)[C@H]4C[C@@H](Br)[C@@H](Br)C[C@H]4C3=O)cc2)c(OC)c1. The number of halogens is 2. The molecule has 32 heavy (non-hydrogen) atoms. The lowest BCUT2D eigenvalue weighted by molar-refractivity contribution is -0.122. The van der Waals surface area contributed by atoms with Gasteiger partial charge in [0.2, 0.25) is 11.8 Å². The number of rotatable bonds is 5. The van der Waals surface area contributed by atoms with Crippen molar-refractivity contribution in [2.45, 2.75) is 22.5 Å². The Labute approximate surface area is 202 Å². The molecule has 0 radical (unpaired) electrons. The fourth-order valence-electron chi connectivity index (χ4n) is 4.21. The first-order chi connectivity index (χ1) is 15.3. The Morgan fingerprint density at radius 2 is 1.53 bits per heavy atom. The quantitative estimate of drug-likeness (QED) is 0.429. The van der Waals surface area contributed by atoms with Crippen molar-refractivity contribution in [1.29, 1.82) is 0 Å². The van der Waals surface area contributed by atoms with Crippen LogP contribution in [0.1, 0.15) is 23.2 Å². The lowest BCUT2D eigenvalue weighted by atomic mass is 9.81. The minimum Gasteiger partial charge on any atom is -0.497 e. The van der Waals surface area contributed by atoms with Crippen LogP contribution in [0.25, 0.3) is 0 Å². The highest BCUT2D eigenvalue weighted by atomic mass is 79.9. The van der Waals surface area contributed by atoms with Crippen LogP contribution < -0.4 is 19.7 Å². The number of amides is 3. The molecular weight excluding hydrogens is 544 g/mol. The third kappa shape index (κ3) is 4.15. The van der Waals surface area contributed by atoms with Gasteiger partial charge in [-0.05, 0) is 49.2 Å². The van der Waals surface area contributed by atoms with Crippen LogP contribution in [0.4, 0.5) is 11.4 Å². The van der Waals surface area contributed by atoms with Crippen LogP contribution in [0.5, 0.6) is 11.5 Å². The second kappa shape index (κ2) is 9.23. The number of benzene rings is 2. The molecule has 4 atom stereocenters. The van der Waals surface area contributed by atoms with Gasteiger partial charge in [-0.2, -0.15) is 0 Å². The van der Waals surface area contributed by atoms with E-state index in [-0.39, 0.29) is 39.2 Å². The van der Waals surface area contributed by atoms with Crippen LogP contribution in [0.3, 0.4) is 0 Å². The van der Waals surface area contributed by atoms with Gasteiger partial charge in [-0.3, -0.25) is 19.3 Å². The van der Waals surface area contributed by atoms with E-state index in [0.29, 0.717) is 41.3 Å². The van der Waals surface area contributed by atoms with Crippen molar-refractivity contribution in [3.05, 3.63) is 48.0 Å². The van der Waals surface area contributed by atoms with E-state index in [2.05, 4.69) is 37.2 Å². The summed E-state index contributed by atoms with van der Waals surface area (Å²) >= 11 is 7.19. The van der Waals surface area contributed by atoms with Crippen molar-refractivity contribution in [3.8, 4) is 11.5 Å². The van der Waals surface area contributed by atoms with E-state index in [4.69, 9.17) is 9.47 Å². The zero-order valence-electron chi connectivity index (χ0n) is 17.5. The summed E-state index contributed by atoms with van der Waals surface area (Å²) in [5, 5.41) is 2.81. The molecule has 0 aromatic heterocycles.